The van der Waals surface area contributed by atoms with Crippen LogP contribution in [0.15, 0.2) is 174 Å². The summed E-state index contributed by atoms with van der Waals surface area (Å²) in [6.07, 6.45) is 0. The minimum Gasteiger partial charge on any atom is -0.456 e. The molecule has 3 heterocycles. The van der Waals surface area contributed by atoms with Crippen LogP contribution in [-0.4, -0.2) is 19.5 Å². The molecule has 8 aromatic carbocycles. The average Bonchev–Trinajstić information content (AvgIpc) is 3.75. The zero-order valence-electron chi connectivity index (χ0n) is 27.9. The second kappa shape index (κ2) is 11.2. The summed E-state index contributed by atoms with van der Waals surface area (Å²) in [5, 5.41) is 9.01. The quantitative estimate of drug-likeness (QED) is 0.188. The molecule has 242 valence electrons. The lowest BCUT2D eigenvalue weighted by Gasteiger charge is -2.13. The molecule has 0 radical (unpaired) electrons. The van der Waals surface area contributed by atoms with Gasteiger partial charge in [0.05, 0.1) is 11.0 Å². The molecule has 11 aromatic rings. The molecule has 3 aromatic heterocycles. The van der Waals surface area contributed by atoms with E-state index < -0.39 is 0 Å². The van der Waals surface area contributed by atoms with Crippen LogP contribution in [0.4, 0.5) is 0 Å². The van der Waals surface area contributed by atoms with E-state index in [1.165, 1.54) is 16.2 Å². The maximum absolute atomic E-state index is 6.50. The van der Waals surface area contributed by atoms with Crippen LogP contribution in [0.3, 0.4) is 0 Å². The minimum atomic E-state index is 0.555. The first-order chi connectivity index (χ1) is 25.8. The molecule has 0 aliphatic carbocycles. The Hall–Kier alpha value is -7.11. The highest BCUT2D eigenvalue weighted by Gasteiger charge is 2.22. The largest absolute Gasteiger partial charge is 0.456 e. The van der Waals surface area contributed by atoms with Gasteiger partial charge in [0.25, 0.3) is 0 Å². The first-order valence-electron chi connectivity index (χ1n) is 17.5. The molecule has 0 aliphatic heterocycles. The molecule has 5 heteroatoms. The summed E-state index contributed by atoms with van der Waals surface area (Å²) in [6, 6.07) is 59.1. The van der Waals surface area contributed by atoms with E-state index in [9.17, 15) is 0 Å². The van der Waals surface area contributed by atoms with Crippen LogP contribution in [0, 0.1) is 0 Å². The van der Waals surface area contributed by atoms with Crippen LogP contribution < -0.4 is 0 Å². The SMILES string of the molecule is c1ccc(-c2ccccc2-c2nc(-c3cccc4oc5cc6ccccc6cc5c34)nc(-n3c4ccccc4c4c5ccccc5ccc43)n2)cc1. The van der Waals surface area contributed by atoms with Crippen LogP contribution in [-0.2, 0) is 0 Å². The van der Waals surface area contributed by atoms with Crippen molar-refractivity contribution < 1.29 is 4.42 Å². The Morgan fingerprint density at radius 3 is 1.88 bits per heavy atom. The van der Waals surface area contributed by atoms with Gasteiger partial charge in [-0.1, -0.05) is 140 Å². The molecular weight excluding hydrogens is 637 g/mol. The van der Waals surface area contributed by atoms with E-state index in [-0.39, 0.29) is 0 Å². The molecule has 0 fully saturated rings. The molecule has 52 heavy (non-hydrogen) atoms. The first kappa shape index (κ1) is 28.7. The van der Waals surface area contributed by atoms with Gasteiger partial charge >= 0.3 is 0 Å². The zero-order chi connectivity index (χ0) is 34.2. The number of aromatic nitrogens is 4. The van der Waals surface area contributed by atoms with E-state index in [1.807, 2.05) is 24.3 Å². The lowest BCUT2D eigenvalue weighted by atomic mass is 9.99. The van der Waals surface area contributed by atoms with Crippen molar-refractivity contribution in [3.63, 3.8) is 0 Å². The molecule has 0 saturated carbocycles. The van der Waals surface area contributed by atoms with E-state index in [0.29, 0.717) is 17.6 Å². The first-order valence-corrected chi connectivity index (χ1v) is 17.5. The van der Waals surface area contributed by atoms with Crippen LogP contribution in [0.1, 0.15) is 0 Å². The van der Waals surface area contributed by atoms with Gasteiger partial charge in [0, 0.05) is 32.7 Å². The second-order valence-corrected chi connectivity index (χ2v) is 13.2. The Morgan fingerprint density at radius 1 is 0.385 bits per heavy atom. The van der Waals surface area contributed by atoms with Gasteiger partial charge in [0.1, 0.15) is 11.2 Å². The number of hydrogen-bond acceptors (Lipinski definition) is 4. The molecule has 0 spiro atoms. The lowest BCUT2D eigenvalue weighted by molar-refractivity contribution is 0.669. The zero-order valence-corrected chi connectivity index (χ0v) is 27.9. The Bertz CT molecular complexity index is 3190. The van der Waals surface area contributed by atoms with Crippen molar-refractivity contribution in [1.82, 2.24) is 19.5 Å². The summed E-state index contributed by atoms with van der Waals surface area (Å²) in [7, 11) is 0. The van der Waals surface area contributed by atoms with Crippen LogP contribution in [0.2, 0.25) is 0 Å². The van der Waals surface area contributed by atoms with E-state index in [2.05, 4.69) is 150 Å². The third-order valence-electron chi connectivity index (χ3n) is 10.2. The fourth-order valence-electron chi connectivity index (χ4n) is 7.91. The fraction of sp³-hybridized carbons (Fsp3) is 0. The molecular formula is C47H28N4O. The highest BCUT2D eigenvalue weighted by molar-refractivity contribution is 6.21. The van der Waals surface area contributed by atoms with Crippen molar-refractivity contribution in [3.8, 4) is 39.9 Å². The smallest absolute Gasteiger partial charge is 0.238 e. The van der Waals surface area contributed by atoms with Crippen molar-refractivity contribution >= 4 is 65.3 Å². The maximum atomic E-state index is 6.50. The number of rotatable bonds is 4. The maximum Gasteiger partial charge on any atom is 0.238 e. The van der Waals surface area contributed by atoms with E-state index >= 15 is 0 Å². The van der Waals surface area contributed by atoms with Gasteiger partial charge in [0.2, 0.25) is 5.95 Å². The second-order valence-electron chi connectivity index (χ2n) is 13.2. The Labute approximate surface area is 298 Å². The number of para-hydroxylation sites is 1. The number of hydrogen-bond donors (Lipinski definition) is 0. The molecule has 0 aliphatic rings. The fourth-order valence-corrected chi connectivity index (χ4v) is 7.91. The number of furan rings is 1. The molecule has 0 saturated heterocycles. The predicted molar refractivity (Wildman–Crippen MR) is 213 cm³/mol. The number of benzene rings is 8. The summed E-state index contributed by atoms with van der Waals surface area (Å²) < 4.78 is 8.69. The summed E-state index contributed by atoms with van der Waals surface area (Å²) in [5.41, 5.74) is 7.67. The van der Waals surface area contributed by atoms with E-state index in [1.54, 1.807) is 0 Å². The number of fused-ring (bicyclic) bond motifs is 9. The van der Waals surface area contributed by atoms with E-state index in [4.69, 9.17) is 19.4 Å². The summed E-state index contributed by atoms with van der Waals surface area (Å²) in [4.78, 5) is 16.0. The van der Waals surface area contributed by atoms with Gasteiger partial charge in [-0.05, 0) is 63.0 Å². The third kappa shape index (κ3) is 4.33. The van der Waals surface area contributed by atoms with Gasteiger partial charge in [-0.2, -0.15) is 9.97 Å². The van der Waals surface area contributed by atoms with Crippen molar-refractivity contribution in [3.05, 3.63) is 170 Å². The lowest BCUT2D eigenvalue weighted by Crippen LogP contribution is -2.07. The van der Waals surface area contributed by atoms with Gasteiger partial charge in [0.15, 0.2) is 11.6 Å². The molecule has 11 rings (SSSR count). The summed E-state index contributed by atoms with van der Waals surface area (Å²) >= 11 is 0. The topological polar surface area (TPSA) is 56.7 Å². The Balaban J connectivity index is 1.25. The molecule has 0 bridgehead atoms. The highest BCUT2D eigenvalue weighted by atomic mass is 16.3. The van der Waals surface area contributed by atoms with Gasteiger partial charge in [-0.3, -0.25) is 4.57 Å². The number of nitrogens with zero attached hydrogens (tertiary/aromatic N) is 4. The molecule has 0 N–H and O–H groups in total. The monoisotopic (exact) mass is 664 g/mol. The van der Waals surface area contributed by atoms with Gasteiger partial charge in [-0.15, -0.1) is 0 Å². The van der Waals surface area contributed by atoms with Crippen molar-refractivity contribution in [2.75, 3.05) is 0 Å². The predicted octanol–water partition coefficient (Wildman–Crippen LogP) is 12.2. The molecule has 0 atom stereocenters. The van der Waals surface area contributed by atoms with E-state index in [0.717, 1.165) is 71.4 Å². The third-order valence-corrected chi connectivity index (χ3v) is 10.2. The molecule has 5 nitrogen and oxygen atoms in total. The van der Waals surface area contributed by atoms with Crippen molar-refractivity contribution in [2.45, 2.75) is 0 Å². The summed E-state index contributed by atoms with van der Waals surface area (Å²) in [5.74, 6) is 1.73. The minimum absolute atomic E-state index is 0.555. The molecule has 0 amide bonds. The Kier molecular flexibility index (Phi) is 6.18. The summed E-state index contributed by atoms with van der Waals surface area (Å²) in [6.45, 7) is 0. The average molecular weight is 665 g/mol. The molecule has 0 unspecified atom stereocenters. The van der Waals surface area contributed by atoms with Crippen molar-refractivity contribution in [1.29, 1.82) is 0 Å². The van der Waals surface area contributed by atoms with Crippen LogP contribution >= 0.6 is 0 Å². The normalized spacial score (nSPS) is 11.8. The van der Waals surface area contributed by atoms with Gasteiger partial charge < -0.3 is 4.42 Å². The van der Waals surface area contributed by atoms with Crippen LogP contribution in [0.5, 0.6) is 0 Å². The highest BCUT2D eigenvalue weighted by Crippen LogP contribution is 2.40. The van der Waals surface area contributed by atoms with Crippen LogP contribution in [0.25, 0.3) is 105 Å². The standard InChI is InChI=1S/C47H28N4O/c1-2-13-29(14-3-1)33-18-8-9-20-35(33)45-48-46(37-22-12-24-41-44(37)38-27-31-16-4-5-17-32(31)28-42(38)52-41)50-47(49-45)51-39-23-11-10-21-36(39)43-34-19-7-6-15-30(34)25-26-40(43)51/h1-28H. The Morgan fingerprint density at radius 2 is 1.04 bits per heavy atom. The van der Waals surface area contributed by atoms with Gasteiger partial charge in [-0.25, -0.2) is 4.98 Å². The van der Waals surface area contributed by atoms with Crippen molar-refractivity contribution in [2.24, 2.45) is 0 Å².